The van der Waals surface area contributed by atoms with Crippen LogP contribution in [0.5, 0.6) is 5.75 Å². The molecule has 0 amide bonds. The highest BCUT2D eigenvalue weighted by atomic mass is 16.6. The molecule has 0 aliphatic carbocycles. The van der Waals surface area contributed by atoms with Gasteiger partial charge in [-0.25, -0.2) is 0 Å². The van der Waals surface area contributed by atoms with E-state index in [-0.39, 0.29) is 17.5 Å². The smallest absolute Gasteiger partial charge is 0.270 e. The minimum atomic E-state index is -0.424. The first-order chi connectivity index (χ1) is 13.0. The average molecular weight is 360 g/mol. The van der Waals surface area contributed by atoms with Crippen LogP contribution in [0.1, 0.15) is 28.3 Å². The summed E-state index contributed by atoms with van der Waals surface area (Å²) >= 11 is 0. The Bertz CT molecular complexity index is 999. The zero-order chi connectivity index (χ0) is 19.0. The fraction of sp³-hybridized carbons (Fsp3) is 0.182. The highest BCUT2D eigenvalue weighted by Crippen LogP contribution is 2.42. The van der Waals surface area contributed by atoms with Crippen LogP contribution >= 0.6 is 0 Å². The maximum atomic E-state index is 11.3. The molecule has 1 heterocycles. The third-order valence-electron chi connectivity index (χ3n) is 5.14. The monoisotopic (exact) mass is 360 g/mol. The van der Waals surface area contributed by atoms with Gasteiger partial charge in [-0.15, -0.1) is 0 Å². The molecule has 5 nitrogen and oxygen atoms in total. The Morgan fingerprint density at radius 3 is 2.56 bits per heavy atom. The van der Waals surface area contributed by atoms with Gasteiger partial charge in [-0.3, -0.25) is 10.1 Å². The van der Waals surface area contributed by atoms with E-state index in [1.54, 1.807) is 0 Å². The van der Waals surface area contributed by atoms with Crippen LogP contribution in [-0.4, -0.2) is 16.6 Å². The Kier molecular flexibility index (Phi) is 4.28. The van der Waals surface area contributed by atoms with E-state index in [0.717, 1.165) is 29.8 Å². The van der Waals surface area contributed by atoms with Crippen LogP contribution in [-0.2, 0) is 6.42 Å². The van der Waals surface area contributed by atoms with Crippen molar-refractivity contribution in [2.24, 2.45) is 0 Å². The SMILES string of the molecule is Cc1ccc(C(c2cc([N+](=O)[O-])ccc2O)N2CCc3ccccc32)cc1. The summed E-state index contributed by atoms with van der Waals surface area (Å²) in [6.45, 7) is 2.81. The molecule has 1 unspecified atom stereocenters. The standard InChI is InChI=1S/C22H20N2O3/c1-15-6-8-17(9-7-15)22(19-14-18(24(26)27)10-11-21(19)25)23-13-12-16-4-2-3-5-20(16)23/h2-11,14,22,25H,12-13H2,1H3. The molecule has 3 aromatic rings. The van der Waals surface area contributed by atoms with Gasteiger partial charge in [0.05, 0.1) is 11.0 Å². The largest absolute Gasteiger partial charge is 0.508 e. The van der Waals surface area contributed by atoms with Gasteiger partial charge in [-0.1, -0.05) is 48.0 Å². The van der Waals surface area contributed by atoms with Crippen LogP contribution in [0.15, 0.2) is 66.7 Å². The van der Waals surface area contributed by atoms with E-state index in [4.69, 9.17) is 0 Å². The van der Waals surface area contributed by atoms with Gasteiger partial charge in [0.1, 0.15) is 5.75 Å². The number of non-ortho nitro benzene ring substituents is 1. The normalized spacial score (nSPS) is 14.0. The van der Waals surface area contributed by atoms with Crippen LogP contribution in [0.2, 0.25) is 0 Å². The second-order valence-corrected chi connectivity index (χ2v) is 6.89. The maximum absolute atomic E-state index is 11.3. The molecule has 0 bridgehead atoms. The van der Waals surface area contributed by atoms with E-state index in [1.165, 1.54) is 23.8 Å². The van der Waals surface area contributed by atoms with Gasteiger partial charge < -0.3 is 10.0 Å². The van der Waals surface area contributed by atoms with Crippen molar-refractivity contribution in [3.63, 3.8) is 0 Å². The number of nitro benzene ring substituents is 1. The lowest BCUT2D eigenvalue weighted by Gasteiger charge is -2.31. The van der Waals surface area contributed by atoms with E-state index in [1.807, 2.05) is 43.3 Å². The number of nitrogens with zero attached hydrogens (tertiary/aromatic N) is 2. The van der Waals surface area contributed by atoms with E-state index >= 15 is 0 Å². The van der Waals surface area contributed by atoms with E-state index < -0.39 is 4.92 Å². The van der Waals surface area contributed by atoms with Gasteiger partial charge in [0.2, 0.25) is 0 Å². The molecule has 4 rings (SSSR count). The number of benzene rings is 3. The fourth-order valence-corrected chi connectivity index (χ4v) is 3.78. The first-order valence-electron chi connectivity index (χ1n) is 8.93. The molecule has 1 atom stereocenters. The predicted octanol–water partition coefficient (Wildman–Crippen LogP) is 4.76. The number of phenolic OH excluding ortho intramolecular Hbond substituents is 1. The van der Waals surface area contributed by atoms with Crippen molar-refractivity contribution >= 4 is 11.4 Å². The molecule has 1 aliphatic rings. The number of phenols is 1. The highest BCUT2D eigenvalue weighted by Gasteiger charge is 2.31. The molecule has 0 aromatic heterocycles. The summed E-state index contributed by atoms with van der Waals surface area (Å²) in [5.74, 6) is 0.0653. The first kappa shape index (κ1) is 17.1. The third kappa shape index (κ3) is 3.12. The second-order valence-electron chi connectivity index (χ2n) is 6.89. The van der Waals surface area contributed by atoms with Gasteiger partial charge >= 0.3 is 0 Å². The number of fused-ring (bicyclic) bond motifs is 1. The fourth-order valence-electron chi connectivity index (χ4n) is 3.78. The topological polar surface area (TPSA) is 66.6 Å². The molecular formula is C22H20N2O3. The highest BCUT2D eigenvalue weighted by molar-refractivity contribution is 5.63. The van der Waals surface area contributed by atoms with Gasteiger partial charge in [-0.2, -0.15) is 0 Å². The Hall–Kier alpha value is -3.34. The number of nitro groups is 1. The summed E-state index contributed by atoms with van der Waals surface area (Å²) in [6, 6.07) is 20.2. The van der Waals surface area contributed by atoms with Crippen molar-refractivity contribution in [2.75, 3.05) is 11.4 Å². The van der Waals surface area contributed by atoms with Gasteiger partial charge in [0.15, 0.2) is 0 Å². The number of aromatic hydroxyl groups is 1. The summed E-state index contributed by atoms with van der Waals surface area (Å²) < 4.78 is 0. The first-order valence-corrected chi connectivity index (χ1v) is 8.93. The van der Waals surface area contributed by atoms with Gasteiger partial charge in [0.25, 0.3) is 5.69 Å². The molecule has 0 saturated heterocycles. The van der Waals surface area contributed by atoms with Crippen molar-refractivity contribution in [1.82, 2.24) is 0 Å². The zero-order valence-electron chi connectivity index (χ0n) is 15.0. The molecule has 0 saturated carbocycles. The van der Waals surface area contributed by atoms with Crippen LogP contribution in [0.25, 0.3) is 0 Å². The van der Waals surface area contributed by atoms with Crippen LogP contribution in [0.3, 0.4) is 0 Å². The Balaban J connectivity index is 1.89. The van der Waals surface area contributed by atoms with Crippen molar-refractivity contribution < 1.29 is 10.0 Å². The molecule has 136 valence electrons. The van der Waals surface area contributed by atoms with Crippen LogP contribution in [0, 0.1) is 17.0 Å². The van der Waals surface area contributed by atoms with Crippen molar-refractivity contribution in [1.29, 1.82) is 0 Å². The molecule has 0 spiro atoms. The van der Waals surface area contributed by atoms with Crippen LogP contribution in [0.4, 0.5) is 11.4 Å². The average Bonchev–Trinajstić information content (AvgIpc) is 3.09. The molecular weight excluding hydrogens is 340 g/mol. The summed E-state index contributed by atoms with van der Waals surface area (Å²) in [7, 11) is 0. The number of aryl methyl sites for hydroxylation is 1. The Morgan fingerprint density at radius 1 is 1.07 bits per heavy atom. The summed E-state index contributed by atoms with van der Waals surface area (Å²) in [4.78, 5) is 13.1. The quantitative estimate of drug-likeness (QED) is 0.538. The van der Waals surface area contributed by atoms with E-state index in [2.05, 4.69) is 17.0 Å². The van der Waals surface area contributed by atoms with Crippen molar-refractivity contribution in [3.8, 4) is 5.75 Å². The Labute approximate surface area is 157 Å². The second kappa shape index (κ2) is 6.76. The predicted molar refractivity (Wildman–Crippen MR) is 105 cm³/mol. The summed E-state index contributed by atoms with van der Waals surface area (Å²) in [5.41, 5.74) is 5.02. The number of anilines is 1. The lowest BCUT2D eigenvalue weighted by molar-refractivity contribution is -0.384. The number of rotatable bonds is 4. The van der Waals surface area contributed by atoms with Gasteiger partial charge in [-0.05, 0) is 36.6 Å². The van der Waals surface area contributed by atoms with Gasteiger partial charge in [0, 0.05) is 29.9 Å². The molecule has 1 aliphatic heterocycles. The zero-order valence-corrected chi connectivity index (χ0v) is 15.0. The third-order valence-corrected chi connectivity index (χ3v) is 5.14. The molecule has 1 N–H and O–H groups in total. The lowest BCUT2D eigenvalue weighted by Crippen LogP contribution is -2.28. The van der Waals surface area contributed by atoms with Crippen molar-refractivity contribution in [3.05, 3.63) is 99.1 Å². The molecule has 0 radical (unpaired) electrons. The summed E-state index contributed by atoms with van der Waals surface area (Å²) in [6.07, 6.45) is 0.911. The maximum Gasteiger partial charge on any atom is 0.270 e. The molecule has 0 fully saturated rings. The minimum Gasteiger partial charge on any atom is -0.508 e. The molecule has 3 aromatic carbocycles. The molecule has 27 heavy (non-hydrogen) atoms. The van der Waals surface area contributed by atoms with Crippen molar-refractivity contribution in [2.45, 2.75) is 19.4 Å². The van der Waals surface area contributed by atoms with E-state index in [0.29, 0.717) is 5.56 Å². The lowest BCUT2D eigenvalue weighted by atomic mass is 9.95. The molecule has 5 heteroatoms. The number of hydrogen-bond acceptors (Lipinski definition) is 4. The van der Waals surface area contributed by atoms with E-state index in [9.17, 15) is 15.2 Å². The Morgan fingerprint density at radius 2 is 1.81 bits per heavy atom. The number of para-hydroxylation sites is 1. The summed E-state index contributed by atoms with van der Waals surface area (Å²) in [5, 5.41) is 21.9. The van der Waals surface area contributed by atoms with Crippen LogP contribution < -0.4 is 4.90 Å². The minimum absolute atomic E-state index is 0.0209. The number of hydrogen-bond donors (Lipinski definition) is 1.